The number of sulfonamides is 1. The van der Waals surface area contributed by atoms with Crippen LogP contribution in [0.4, 0.5) is 10.8 Å². The Bertz CT molecular complexity index is 973. The Hall–Kier alpha value is -2.49. The number of rotatable bonds is 5. The highest BCUT2D eigenvalue weighted by molar-refractivity contribution is 7.92. The van der Waals surface area contributed by atoms with Gasteiger partial charge >= 0.3 is 0 Å². The maximum atomic E-state index is 12.4. The molecule has 3 aromatic rings. The zero-order chi connectivity index (χ0) is 17.9. The summed E-state index contributed by atoms with van der Waals surface area (Å²) in [5, 5.41) is 10.8. The molecule has 0 aliphatic carbocycles. The molecule has 3 rings (SSSR count). The third kappa shape index (κ3) is 4.32. The molecule has 0 unspecified atom stereocenters. The molecule has 0 saturated carbocycles. The summed E-state index contributed by atoms with van der Waals surface area (Å²) in [6.45, 7) is 0. The number of nitrogens with zero attached hydrogens (tertiary/aromatic N) is 2. The van der Waals surface area contributed by atoms with Crippen LogP contribution in [0.15, 0.2) is 58.9 Å². The van der Waals surface area contributed by atoms with E-state index >= 15 is 0 Å². The average molecular weight is 395 g/mol. The van der Waals surface area contributed by atoms with Crippen molar-refractivity contribution in [3.8, 4) is 0 Å². The lowest BCUT2D eigenvalue weighted by molar-refractivity contribution is 0.102. The molecule has 0 bridgehead atoms. The monoisotopic (exact) mass is 394 g/mol. The first-order chi connectivity index (χ1) is 11.9. The number of hydrogen-bond acceptors (Lipinski definition) is 6. The van der Waals surface area contributed by atoms with E-state index in [1.165, 1.54) is 41.1 Å². The van der Waals surface area contributed by atoms with Crippen molar-refractivity contribution in [1.82, 2.24) is 10.2 Å². The van der Waals surface area contributed by atoms with Crippen molar-refractivity contribution in [3.05, 3.63) is 64.6 Å². The molecule has 10 heteroatoms. The van der Waals surface area contributed by atoms with Gasteiger partial charge in [-0.1, -0.05) is 22.9 Å². The highest BCUT2D eigenvalue weighted by Crippen LogP contribution is 2.19. The maximum Gasteiger partial charge on any atom is 0.261 e. The second kappa shape index (κ2) is 7.18. The van der Waals surface area contributed by atoms with Crippen LogP contribution in [0.1, 0.15) is 10.4 Å². The number of carbonyl (C=O) groups is 1. The van der Waals surface area contributed by atoms with Gasteiger partial charge in [-0.25, -0.2) is 8.42 Å². The smallest absolute Gasteiger partial charge is 0.261 e. The summed E-state index contributed by atoms with van der Waals surface area (Å²) in [5.74, 6) is -0.397. The fourth-order valence-electron chi connectivity index (χ4n) is 1.91. The molecule has 2 N–H and O–H groups in total. The summed E-state index contributed by atoms with van der Waals surface area (Å²) in [7, 11) is -3.76. The Kier molecular flexibility index (Phi) is 4.98. The highest BCUT2D eigenvalue weighted by Gasteiger charge is 2.15. The van der Waals surface area contributed by atoms with Crippen molar-refractivity contribution >= 4 is 49.7 Å². The Balaban J connectivity index is 1.74. The third-order valence-corrected chi connectivity index (χ3v) is 5.36. The van der Waals surface area contributed by atoms with E-state index in [0.29, 0.717) is 21.4 Å². The van der Waals surface area contributed by atoms with Gasteiger partial charge < -0.3 is 0 Å². The Morgan fingerprint density at radius 1 is 1.04 bits per heavy atom. The summed E-state index contributed by atoms with van der Waals surface area (Å²) >= 11 is 6.96. The minimum absolute atomic E-state index is 0.0370. The lowest BCUT2D eigenvalue weighted by Gasteiger charge is -2.09. The molecule has 0 aliphatic rings. The number of aromatic nitrogens is 2. The summed E-state index contributed by atoms with van der Waals surface area (Å²) in [4.78, 5) is 12.1. The average Bonchev–Trinajstić information content (AvgIpc) is 3.10. The number of benzene rings is 2. The predicted octanol–water partition coefficient (Wildman–Crippen LogP) is 3.24. The Morgan fingerprint density at radius 2 is 1.72 bits per heavy atom. The minimum atomic E-state index is -3.76. The molecule has 7 nitrogen and oxygen atoms in total. The van der Waals surface area contributed by atoms with Gasteiger partial charge in [0.15, 0.2) is 0 Å². The van der Waals surface area contributed by atoms with E-state index in [1.54, 1.807) is 24.3 Å². The van der Waals surface area contributed by atoms with E-state index in [9.17, 15) is 13.2 Å². The van der Waals surface area contributed by atoms with E-state index in [4.69, 9.17) is 11.6 Å². The second-order valence-electron chi connectivity index (χ2n) is 4.83. The normalized spacial score (nSPS) is 11.1. The number of anilines is 2. The van der Waals surface area contributed by atoms with Gasteiger partial charge in [0.2, 0.25) is 5.13 Å². The van der Waals surface area contributed by atoms with Crippen molar-refractivity contribution < 1.29 is 13.2 Å². The number of carbonyl (C=O) groups excluding carboxylic acids is 1. The number of hydrogen-bond donors (Lipinski definition) is 2. The quantitative estimate of drug-likeness (QED) is 0.691. The molecule has 1 aromatic heterocycles. The largest absolute Gasteiger partial charge is 0.296 e. The van der Waals surface area contributed by atoms with Crippen molar-refractivity contribution in [2.75, 3.05) is 10.0 Å². The molecule has 128 valence electrons. The van der Waals surface area contributed by atoms with Crippen LogP contribution < -0.4 is 10.0 Å². The molecule has 0 saturated heterocycles. The molecular weight excluding hydrogens is 384 g/mol. The first-order valence-corrected chi connectivity index (χ1v) is 9.64. The zero-order valence-corrected chi connectivity index (χ0v) is 14.9. The van der Waals surface area contributed by atoms with Crippen LogP contribution in [0.25, 0.3) is 0 Å². The lowest BCUT2D eigenvalue weighted by Crippen LogP contribution is -2.14. The molecule has 2 aromatic carbocycles. The van der Waals surface area contributed by atoms with Crippen LogP contribution in [0.3, 0.4) is 0 Å². The fraction of sp³-hybridized carbons (Fsp3) is 0. The van der Waals surface area contributed by atoms with Crippen LogP contribution in [-0.2, 0) is 10.0 Å². The summed E-state index contributed by atoms with van der Waals surface area (Å²) < 4.78 is 27.2. The van der Waals surface area contributed by atoms with E-state index in [-0.39, 0.29) is 4.90 Å². The second-order valence-corrected chi connectivity index (χ2v) is 7.79. The third-order valence-electron chi connectivity index (χ3n) is 3.10. The van der Waals surface area contributed by atoms with E-state index < -0.39 is 15.9 Å². The molecule has 0 aliphatic heterocycles. The molecule has 0 spiro atoms. The molecule has 0 atom stereocenters. The molecule has 25 heavy (non-hydrogen) atoms. The van der Waals surface area contributed by atoms with E-state index in [2.05, 4.69) is 20.2 Å². The first kappa shape index (κ1) is 17.3. The predicted molar refractivity (Wildman–Crippen MR) is 96.6 cm³/mol. The maximum absolute atomic E-state index is 12.4. The van der Waals surface area contributed by atoms with Gasteiger partial charge in [-0.2, -0.15) is 0 Å². The molecule has 1 heterocycles. The number of amides is 1. The zero-order valence-electron chi connectivity index (χ0n) is 12.5. The lowest BCUT2D eigenvalue weighted by atomic mass is 10.2. The topological polar surface area (TPSA) is 101 Å². The van der Waals surface area contributed by atoms with Gasteiger partial charge in [-0.15, -0.1) is 10.2 Å². The van der Waals surface area contributed by atoms with E-state index in [1.807, 2.05) is 0 Å². The van der Waals surface area contributed by atoms with Crippen LogP contribution in [0, 0.1) is 0 Å². The molecule has 0 radical (unpaired) electrons. The standard InChI is InChI=1S/C15H11ClN4O3S2/c16-11-3-5-12(6-4-11)20-25(22,23)13-7-1-10(2-8-13)14(21)18-15-19-17-9-24-15/h1-9,20H,(H,18,19,21). The summed E-state index contributed by atoms with van der Waals surface area (Å²) in [6.07, 6.45) is 0. The number of nitrogens with one attached hydrogen (secondary N) is 2. The molecular formula is C15H11ClN4O3S2. The van der Waals surface area contributed by atoms with Crippen molar-refractivity contribution in [1.29, 1.82) is 0 Å². The van der Waals surface area contributed by atoms with Crippen LogP contribution in [0.2, 0.25) is 5.02 Å². The fourth-order valence-corrected chi connectivity index (χ4v) is 3.54. The van der Waals surface area contributed by atoms with Crippen LogP contribution in [-0.4, -0.2) is 24.5 Å². The highest BCUT2D eigenvalue weighted by atomic mass is 35.5. The summed E-state index contributed by atoms with van der Waals surface area (Å²) in [6, 6.07) is 11.8. The molecule has 1 amide bonds. The Labute approximate surface area is 152 Å². The van der Waals surface area contributed by atoms with Crippen molar-refractivity contribution in [3.63, 3.8) is 0 Å². The van der Waals surface area contributed by atoms with Gasteiger partial charge in [-0.05, 0) is 48.5 Å². The first-order valence-electron chi connectivity index (χ1n) is 6.90. The van der Waals surface area contributed by atoms with Gasteiger partial charge in [0.05, 0.1) is 4.90 Å². The Morgan fingerprint density at radius 3 is 2.32 bits per heavy atom. The van der Waals surface area contributed by atoms with Gasteiger partial charge in [-0.3, -0.25) is 14.8 Å². The van der Waals surface area contributed by atoms with Gasteiger partial charge in [0.1, 0.15) is 5.51 Å². The van der Waals surface area contributed by atoms with E-state index in [0.717, 1.165) is 0 Å². The van der Waals surface area contributed by atoms with Crippen LogP contribution in [0.5, 0.6) is 0 Å². The summed E-state index contributed by atoms with van der Waals surface area (Å²) in [5.41, 5.74) is 2.19. The molecule has 0 fully saturated rings. The SMILES string of the molecule is O=C(Nc1nncs1)c1ccc(S(=O)(=O)Nc2ccc(Cl)cc2)cc1. The number of halogens is 1. The van der Waals surface area contributed by atoms with Crippen molar-refractivity contribution in [2.24, 2.45) is 0 Å². The minimum Gasteiger partial charge on any atom is -0.296 e. The van der Waals surface area contributed by atoms with Gasteiger partial charge in [0, 0.05) is 16.3 Å². The van der Waals surface area contributed by atoms with Crippen LogP contribution >= 0.6 is 22.9 Å². The van der Waals surface area contributed by atoms with Gasteiger partial charge in [0.25, 0.3) is 15.9 Å². The van der Waals surface area contributed by atoms with Crippen molar-refractivity contribution in [2.45, 2.75) is 4.90 Å².